The van der Waals surface area contributed by atoms with Gasteiger partial charge >= 0.3 is 0 Å². The van der Waals surface area contributed by atoms with Gasteiger partial charge in [0.15, 0.2) is 11.7 Å². The van der Waals surface area contributed by atoms with E-state index < -0.39 is 11.7 Å². The minimum absolute atomic E-state index is 0.789. The summed E-state index contributed by atoms with van der Waals surface area (Å²) in [5.41, 5.74) is 0. The molecule has 0 saturated heterocycles. The molecule has 0 amide bonds. The molecule has 0 nitrogen and oxygen atoms in total. The average molecular weight is 116 g/mol. The summed E-state index contributed by atoms with van der Waals surface area (Å²) in [7, 11) is 0. The number of allylic oxidation sites excluding steroid dienone is 4. The Hall–Kier alpha value is -0.920. The van der Waals surface area contributed by atoms with Crippen molar-refractivity contribution in [2.45, 2.75) is 0 Å². The van der Waals surface area contributed by atoms with E-state index in [1.165, 1.54) is 0 Å². The van der Waals surface area contributed by atoms with Crippen molar-refractivity contribution in [1.82, 2.24) is 0 Å². The number of hydrogen-bond donors (Lipinski definition) is 0. The SMILES string of the molecule is C=C/C(F)=C(/F)C=C. The van der Waals surface area contributed by atoms with E-state index in [4.69, 9.17) is 0 Å². The fourth-order valence-corrected chi connectivity index (χ4v) is 0.195. The van der Waals surface area contributed by atoms with Crippen molar-refractivity contribution in [2.75, 3.05) is 0 Å². The summed E-state index contributed by atoms with van der Waals surface area (Å²) in [5, 5.41) is 0. The van der Waals surface area contributed by atoms with E-state index >= 15 is 0 Å². The standard InChI is InChI=1S/C6H6F2/c1-3-5(7)6(8)4-2/h3-4H,1-2H2/b6-5-. The molecule has 0 atom stereocenters. The quantitative estimate of drug-likeness (QED) is 0.486. The molecule has 0 spiro atoms. The lowest BCUT2D eigenvalue weighted by atomic mass is 10.4. The molecule has 0 N–H and O–H groups in total. The monoisotopic (exact) mass is 116 g/mol. The molecule has 0 saturated carbocycles. The summed E-state index contributed by atoms with van der Waals surface area (Å²) in [6.07, 6.45) is 1.58. The Kier molecular flexibility index (Phi) is 2.77. The van der Waals surface area contributed by atoms with Crippen LogP contribution in [0.15, 0.2) is 37.0 Å². The van der Waals surface area contributed by atoms with Gasteiger partial charge in [-0.05, 0) is 12.2 Å². The maximum absolute atomic E-state index is 11.8. The van der Waals surface area contributed by atoms with Crippen LogP contribution in [0.5, 0.6) is 0 Å². The van der Waals surface area contributed by atoms with E-state index in [2.05, 4.69) is 13.2 Å². The summed E-state index contributed by atoms with van der Waals surface area (Å²) in [5.74, 6) is -1.94. The van der Waals surface area contributed by atoms with Crippen LogP contribution in [-0.2, 0) is 0 Å². The minimum Gasteiger partial charge on any atom is -0.204 e. The molecule has 0 unspecified atom stereocenters. The van der Waals surface area contributed by atoms with Crippen LogP contribution in [0.4, 0.5) is 8.78 Å². The molecule has 0 aliphatic rings. The Labute approximate surface area is 46.8 Å². The molecule has 0 aromatic rings. The summed E-state index contributed by atoms with van der Waals surface area (Å²) in [6, 6.07) is 0. The fourth-order valence-electron chi connectivity index (χ4n) is 0.195. The number of rotatable bonds is 2. The smallest absolute Gasteiger partial charge is 0.158 e. The Morgan fingerprint density at radius 2 is 1.25 bits per heavy atom. The summed E-state index contributed by atoms with van der Waals surface area (Å²) in [6.45, 7) is 6.02. The molecular formula is C6H6F2. The highest BCUT2D eigenvalue weighted by atomic mass is 19.2. The molecule has 0 aromatic heterocycles. The van der Waals surface area contributed by atoms with Crippen LogP contribution in [-0.4, -0.2) is 0 Å². The average Bonchev–Trinajstić information content (AvgIpc) is 1.84. The molecule has 2 heteroatoms. The van der Waals surface area contributed by atoms with Crippen LogP contribution in [0.3, 0.4) is 0 Å². The number of hydrogen-bond acceptors (Lipinski definition) is 0. The van der Waals surface area contributed by atoms with Gasteiger partial charge in [0, 0.05) is 0 Å². The highest BCUT2D eigenvalue weighted by molar-refractivity contribution is 5.19. The normalized spacial score (nSPS) is 12.2. The number of halogens is 2. The van der Waals surface area contributed by atoms with Crippen molar-refractivity contribution >= 4 is 0 Å². The third-order valence-electron chi connectivity index (χ3n) is 0.587. The summed E-state index contributed by atoms with van der Waals surface area (Å²) < 4.78 is 23.7. The van der Waals surface area contributed by atoms with E-state index in [0.717, 1.165) is 12.2 Å². The Morgan fingerprint density at radius 1 is 1.00 bits per heavy atom. The van der Waals surface area contributed by atoms with Crippen molar-refractivity contribution in [2.24, 2.45) is 0 Å². The van der Waals surface area contributed by atoms with Crippen molar-refractivity contribution in [3.63, 3.8) is 0 Å². The lowest BCUT2D eigenvalue weighted by molar-refractivity contribution is 0.574. The highest BCUT2D eigenvalue weighted by Gasteiger charge is 1.93. The van der Waals surface area contributed by atoms with Crippen LogP contribution in [0.25, 0.3) is 0 Å². The molecule has 0 rings (SSSR count). The van der Waals surface area contributed by atoms with E-state index in [1.807, 2.05) is 0 Å². The van der Waals surface area contributed by atoms with Crippen LogP contribution < -0.4 is 0 Å². The maximum atomic E-state index is 11.8. The first-order valence-corrected chi connectivity index (χ1v) is 2.02. The Bertz CT molecular complexity index is 117. The molecule has 44 valence electrons. The highest BCUT2D eigenvalue weighted by Crippen LogP contribution is 2.08. The zero-order chi connectivity index (χ0) is 6.57. The zero-order valence-corrected chi connectivity index (χ0v) is 4.32. The Morgan fingerprint density at radius 3 is 1.38 bits per heavy atom. The second kappa shape index (κ2) is 3.13. The van der Waals surface area contributed by atoms with Crippen molar-refractivity contribution in [1.29, 1.82) is 0 Å². The largest absolute Gasteiger partial charge is 0.204 e. The van der Waals surface area contributed by atoms with Gasteiger partial charge in [0.1, 0.15) is 0 Å². The van der Waals surface area contributed by atoms with Crippen molar-refractivity contribution < 1.29 is 8.78 Å². The molecule has 0 fully saturated rings. The van der Waals surface area contributed by atoms with Gasteiger partial charge < -0.3 is 0 Å². The van der Waals surface area contributed by atoms with Crippen LogP contribution in [0.1, 0.15) is 0 Å². The van der Waals surface area contributed by atoms with Gasteiger partial charge in [0.2, 0.25) is 0 Å². The van der Waals surface area contributed by atoms with E-state index in [1.54, 1.807) is 0 Å². The minimum atomic E-state index is -0.972. The fraction of sp³-hybridized carbons (Fsp3) is 0. The first kappa shape index (κ1) is 7.08. The predicted octanol–water partition coefficient (Wildman–Crippen LogP) is 2.51. The van der Waals surface area contributed by atoms with Gasteiger partial charge in [-0.3, -0.25) is 0 Å². The summed E-state index contributed by atoms with van der Waals surface area (Å²) in [4.78, 5) is 0. The third kappa shape index (κ3) is 1.69. The van der Waals surface area contributed by atoms with Crippen molar-refractivity contribution in [3.8, 4) is 0 Å². The van der Waals surface area contributed by atoms with Crippen molar-refractivity contribution in [3.05, 3.63) is 37.0 Å². The van der Waals surface area contributed by atoms with E-state index in [9.17, 15) is 8.78 Å². The molecule has 0 aliphatic heterocycles. The molecule has 0 radical (unpaired) electrons. The van der Waals surface area contributed by atoms with Crippen LogP contribution >= 0.6 is 0 Å². The van der Waals surface area contributed by atoms with E-state index in [-0.39, 0.29) is 0 Å². The Balaban J connectivity index is 4.25. The predicted molar refractivity (Wildman–Crippen MR) is 29.6 cm³/mol. The lowest BCUT2D eigenvalue weighted by Crippen LogP contribution is -1.67. The van der Waals surface area contributed by atoms with Crippen LogP contribution in [0.2, 0.25) is 0 Å². The third-order valence-corrected chi connectivity index (χ3v) is 0.587. The topological polar surface area (TPSA) is 0 Å². The zero-order valence-electron chi connectivity index (χ0n) is 4.32. The molecule has 0 aliphatic carbocycles. The first-order valence-electron chi connectivity index (χ1n) is 2.02. The van der Waals surface area contributed by atoms with Gasteiger partial charge in [0.25, 0.3) is 0 Å². The van der Waals surface area contributed by atoms with Gasteiger partial charge in [-0.1, -0.05) is 13.2 Å². The van der Waals surface area contributed by atoms with Crippen LogP contribution in [0, 0.1) is 0 Å². The van der Waals surface area contributed by atoms with Gasteiger partial charge in [-0.25, -0.2) is 8.78 Å². The first-order chi connectivity index (χ1) is 3.72. The van der Waals surface area contributed by atoms with Gasteiger partial charge in [-0.15, -0.1) is 0 Å². The second-order valence-electron chi connectivity index (χ2n) is 1.10. The molecule has 0 aromatic carbocycles. The summed E-state index contributed by atoms with van der Waals surface area (Å²) >= 11 is 0. The lowest BCUT2D eigenvalue weighted by Gasteiger charge is -1.83. The second-order valence-corrected chi connectivity index (χ2v) is 1.10. The maximum Gasteiger partial charge on any atom is 0.158 e. The molecule has 0 bridgehead atoms. The van der Waals surface area contributed by atoms with Gasteiger partial charge in [-0.2, -0.15) is 0 Å². The molecule has 0 heterocycles. The van der Waals surface area contributed by atoms with Gasteiger partial charge in [0.05, 0.1) is 0 Å². The molecule has 8 heavy (non-hydrogen) atoms. The molecular weight excluding hydrogens is 110 g/mol. The van der Waals surface area contributed by atoms with E-state index in [0.29, 0.717) is 0 Å².